The molecule has 1 aliphatic carbocycles. The molecule has 0 radical (unpaired) electrons. The Morgan fingerprint density at radius 2 is 1.88 bits per heavy atom. The molecule has 1 amide bonds. The summed E-state index contributed by atoms with van der Waals surface area (Å²) in [4.78, 5) is 33.2. The van der Waals surface area contributed by atoms with Crippen LogP contribution in [0.2, 0.25) is 0 Å². The van der Waals surface area contributed by atoms with Crippen molar-refractivity contribution in [2.75, 3.05) is 33.1 Å². The van der Waals surface area contributed by atoms with Crippen LogP contribution in [-0.2, 0) is 11.3 Å². The van der Waals surface area contributed by atoms with E-state index in [0.29, 0.717) is 40.0 Å². The molecule has 1 aromatic heterocycles. The molecule has 2 aliphatic rings. The number of amides is 1. The lowest BCUT2D eigenvalue weighted by molar-refractivity contribution is -0.129. The third-order valence-electron chi connectivity index (χ3n) is 6.93. The van der Waals surface area contributed by atoms with E-state index in [0.717, 1.165) is 45.2 Å². The van der Waals surface area contributed by atoms with Crippen LogP contribution in [0.15, 0.2) is 33.7 Å². The zero-order valence-corrected chi connectivity index (χ0v) is 21.3. The van der Waals surface area contributed by atoms with Crippen molar-refractivity contribution in [3.63, 3.8) is 0 Å². The molecule has 0 bridgehead atoms. The molecule has 184 valence electrons. The van der Waals surface area contributed by atoms with Crippen molar-refractivity contribution in [2.24, 2.45) is 5.92 Å². The summed E-state index contributed by atoms with van der Waals surface area (Å²) in [7, 11) is 3.12. The molecule has 2 heterocycles. The topological polar surface area (TPSA) is 73.7 Å². The molecule has 1 saturated heterocycles. The number of nitrogens with zero attached hydrogens (tertiary/aromatic N) is 3. The van der Waals surface area contributed by atoms with E-state index in [1.165, 1.54) is 30.2 Å². The number of aromatic nitrogens is 2. The van der Waals surface area contributed by atoms with Crippen molar-refractivity contribution in [1.29, 1.82) is 0 Å². The second-order valence-electron chi connectivity index (χ2n) is 9.29. The van der Waals surface area contributed by atoms with E-state index in [1.54, 1.807) is 30.9 Å². The van der Waals surface area contributed by atoms with Crippen LogP contribution >= 0.6 is 11.8 Å². The molecular weight excluding hydrogens is 450 g/mol. The molecule has 7 nitrogen and oxygen atoms in total. The number of hydrogen-bond acceptors (Lipinski definition) is 6. The van der Waals surface area contributed by atoms with Gasteiger partial charge in [-0.15, -0.1) is 0 Å². The van der Waals surface area contributed by atoms with Crippen LogP contribution in [0.4, 0.5) is 0 Å². The molecule has 1 fully saturated rings. The van der Waals surface area contributed by atoms with Crippen LogP contribution in [0.3, 0.4) is 0 Å². The zero-order valence-electron chi connectivity index (χ0n) is 20.5. The van der Waals surface area contributed by atoms with Crippen LogP contribution in [0, 0.1) is 5.92 Å². The highest BCUT2D eigenvalue weighted by atomic mass is 32.2. The Bertz CT molecular complexity index is 1120. The maximum atomic E-state index is 13.6. The first-order chi connectivity index (χ1) is 16.5. The fourth-order valence-corrected chi connectivity index (χ4v) is 5.63. The number of carbonyl (C=O) groups excluding carboxylic acids is 1. The molecule has 0 unspecified atom stereocenters. The van der Waals surface area contributed by atoms with Crippen molar-refractivity contribution in [1.82, 2.24) is 14.5 Å². The minimum atomic E-state index is -0.107. The second-order valence-corrected chi connectivity index (χ2v) is 10.2. The number of rotatable bonds is 8. The SMILES string of the molecule is COc1cc2nc(SCC(=O)N3CCC(C)CC3)n(CCC3=CCCCC3)c(=O)c2cc1OC. The van der Waals surface area contributed by atoms with E-state index in [2.05, 4.69) is 13.0 Å². The summed E-state index contributed by atoms with van der Waals surface area (Å²) in [6.07, 6.45) is 9.88. The summed E-state index contributed by atoms with van der Waals surface area (Å²) in [5.41, 5.74) is 1.85. The summed E-state index contributed by atoms with van der Waals surface area (Å²) in [6, 6.07) is 3.44. The van der Waals surface area contributed by atoms with E-state index < -0.39 is 0 Å². The van der Waals surface area contributed by atoms with Crippen LogP contribution < -0.4 is 15.0 Å². The van der Waals surface area contributed by atoms with Gasteiger partial charge in [-0.2, -0.15) is 0 Å². The van der Waals surface area contributed by atoms with Crippen LogP contribution in [0.5, 0.6) is 11.5 Å². The maximum absolute atomic E-state index is 13.6. The highest BCUT2D eigenvalue weighted by Crippen LogP contribution is 2.31. The molecular formula is C26H35N3O4S. The van der Waals surface area contributed by atoms with Gasteiger partial charge in [0.2, 0.25) is 5.91 Å². The van der Waals surface area contributed by atoms with Crippen molar-refractivity contribution in [2.45, 2.75) is 63.6 Å². The number of methoxy groups -OCH3 is 2. The number of fused-ring (bicyclic) bond motifs is 1. The normalized spacial score (nSPS) is 17.0. The van der Waals surface area contributed by atoms with Gasteiger partial charge < -0.3 is 14.4 Å². The fourth-order valence-electron chi connectivity index (χ4n) is 4.70. The fraction of sp³-hybridized carbons (Fsp3) is 0.577. The Labute approximate surface area is 205 Å². The van der Waals surface area contributed by atoms with Crippen LogP contribution in [0.1, 0.15) is 51.9 Å². The molecule has 2 aromatic rings. The van der Waals surface area contributed by atoms with Gasteiger partial charge >= 0.3 is 0 Å². The van der Waals surface area contributed by atoms with Gasteiger partial charge in [-0.05, 0) is 56.9 Å². The Morgan fingerprint density at radius 1 is 1.15 bits per heavy atom. The van der Waals surface area contributed by atoms with E-state index >= 15 is 0 Å². The van der Waals surface area contributed by atoms with Gasteiger partial charge in [0.1, 0.15) is 0 Å². The molecule has 0 atom stereocenters. The monoisotopic (exact) mass is 485 g/mol. The van der Waals surface area contributed by atoms with Gasteiger partial charge in [-0.1, -0.05) is 30.3 Å². The standard InChI is InChI=1S/C26H35N3O4S/c1-18-9-12-28(13-10-18)24(30)17-34-26-27-21-16-23(33-3)22(32-2)15-20(21)25(31)29(26)14-11-19-7-5-4-6-8-19/h7,15-16,18H,4-6,8-14,17H2,1-3H3. The van der Waals surface area contributed by atoms with E-state index in [1.807, 2.05) is 4.90 Å². The van der Waals surface area contributed by atoms with Crippen LogP contribution in [0.25, 0.3) is 10.9 Å². The number of likely N-dealkylation sites (tertiary alicyclic amines) is 1. The van der Waals surface area contributed by atoms with Crippen molar-refractivity contribution in [3.8, 4) is 11.5 Å². The van der Waals surface area contributed by atoms with Gasteiger partial charge in [0.25, 0.3) is 5.56 Å². The highest BCUT2D eigenvalue weighted by molar-refractivity contribution is 7.99. The number of benzene rings is 1. The molecule has 34 heavy (non-hydrogen) atoms. The van der Waals surface area contributed by atoms with Gasteiger partial charge in [-0.3, -0.25) is 14.2 Å². The highest BCUT2D eigenvalue weighted by Gasteiger charge is 2.22. The van der Waals surface area contributed by atoms with Crippen molar-refractivity contribution >= 4 is 28.6 Å². The van der Waals surface area contributed by atoms with Crippen molar-refractivity contribution < 1.29 is 14.3 Å². The van der Waals surface area contributed by atoms with Gasteiger partial charge in [0.05, 0.1) is 30.9 Å². The van der Waals surface area contributed by atoms with Gasteiger partial charge in [0, 0.05) is 25.7 Å². The maximum Gasteiger partial charge on any atom is 0.262 e. The smallest absolute Gasteiger partial charge is 0.262 e. The lowest BCUT2D eigenvalue weighted by Crippen LogP contribution is -2.39. The predicted molar refractivity (Wildman–Crippen MR) is 136 cm³/mol. The summed E-state index contributed by atoms with van der Waals surface area (Å²) >= 11 is 1.36. The zero-order chi connectivity index (χ0) is 24.1. The summed E-state index contributed by atoms with van der Waals surface area (Å²) in [5, 5.41) is 1.08. The lowest BCUT2D eigenvalue weighted by Gasteiger charge is -2.30. The number of carbonyl (C=O) groups is 1. The van der Waals surface area contributed by atoms with E-state index in [4.69, 9.17) is 14.5 Å². The van der Waals surface area contributed by atoms with E-state index in [-0.39, 0.29) is 17.2 Å². The molecule has 1 aromatic carbocycles. The van der Waals surface area contributed by atoms with Gasteiger partial charge in [0.15, 0.2) is 16.7 Å². The minimum Gasteiger partial charge on any atom is -0.493 e. The second kappa shape index (κ2) is 11.3. The third kappa shape index (κ3) is 5.59. The number of allylic oxidation sites excluding steroid dienone is 2. The largest absolute Gasteiger partial charge is 0.493 e. The minimum absolute atomic E-state index is 0.107. The van der Waals surface area contributed by atoms with Gasteiger partial charge in [-0.25, -0.2) is 4.98 Å². The Hall–Kier alpha value is -2.48. The number of piperidine rings is 1. The van der Waals surface area contributed by atoms with Crippen LogP contribution in [-0.4, -0.2) is 53.4 Å². The number of thioether (sulfide) groups is 1. The van der Waals surface area contributed by atoms with Crippen molar-refractivity contribution in [3.05, 3.63) is 34.1 Å². The first kappa shape index (κ1) is 24.6. The lowest BCUT2D eigenvalue weighted by atomic mass is 9.97. The first-order valence-corrected chi connectivity index (χ1v) is 13.2. The molecule has 8 heteroatoms. The average Bonchev–Trinajstić information content (AvgIpc) is 2.87. The Balaban J connectivity index is 1.63. The molecule has 0 saturated carbocycles. The number of ether oxygens (including phenoxy) is 2. The first-order valence-electron chi connectivity index (χ1n) is 12.2. The quantitative estimate of drug-likeness (QED) is 0.308. The Kier molecular flexibility index (Phi) is 8.19. The summed E-state index contributed by atoms with van der Waals surface area (Å²) in [6.45, 7) is 4.41. The van der Waals surface area contributed by atoms with E-state index in [9.17, 15) is 9.59 Å². The third-order valence-corrected chi connectivity index (χ3v) is 7.89. The molecule has 4 rings (SSSR count). The Morgan fingerprint density at radius 3 is 2.56 bits per heavy atom. The molecule has 1 aliphatic heterocycles. The average molecular weight is 486 g/mol. The predicted octanol–water partition coefficient (Wildman–Crippen LogP) is 4.65. The molecule has 0 spiro atoms. The summed E-state index contributed by atoms with van der Waals surface area (Å²) in [5.74, 6) is 2.10. The summed E-state index contributed by atoms with van der Waals surface area (Å²) < 4.78 is 12.6. The number of hydrogen-bond donors (Lipinski definition) is 0. The molecule has 0 N–H and O–H groups in total.